The maximum Gasteiger partial charge on any atom is 0.268 e. The minimum absolute atomic E-state index is 0.153. The lowest BCUT2D eigenvalue weighted by Crippen LogP contribution is -2.48. The van der Waals surface area contributed by atoms with Crippen LogP contribution in [0.15, 0.2) is 42.7 Å². The number of hydrogen-bond acceptors (Lipinski definition) is 5. The number of aromatic nitrogens is 2. The molecule has 2 amide bonds. The van der Waals surface area contributed by atoms with Gasteiger partial charge in [0.15, 0.2) is 5.13 Å². The highest BCUT2D eigenvalue weighted by molar-refractivity contribution is 7.15. The number of nitrogens with one attached hydrogen (secondary N) is 3. The molecule has 3 aromatic rings. The summed E-state index contributed by atoms with van der Waals surface area (Å²) in [6, 6.07) is 6.84. The van der Waals surface area contributed by atoms with Gasteiger partial charge in [-0.1, -0.05) is 12.1 Å². The SMILES string of the molecule is Cc1cc[nH]c1C(=O)N[C@@H](Cc1cccc(F)c1)C(=O)NCc1cnc(N)s1. The van der Waals surface area contributed by atoms with Crippen molar-refractivity contribution in [1.82, 2.24) is 20.6 Å². The zero-order valence-corrected chi connectivity index (χ0v) is 16.0. The Kier molecular flexibility index (Phi) is 6.05. The number of aryl methyl sites for hydroxylation is 1. The van der Waals surface area contributed by atoms with Crippen molar-refractivity contribution in [2.45, 2.75) is 25.9 Å². The molecule has 146 valence electrons. The molecule has 0 spiro atoms. The predicted molar refractivity (Wildman–Crippen MR) is 105 cm³/mol. The number of aromatic amines is 1. The van der Waals surface area contributed by atoms with E-state index in [1.165, 1.54) is 23.5 Å². The molecule has 1 atom stereocenters. The first kappa shape index (κ1) is 19.6. The molecule has 0 saturated heterocycles. The molecular formula is C19H20FN5O2S. The van der Waals surface area contributed by atoms with Crippen molar-refractivity contribution in [1.29, 1.82) is 0 Å². The Balaban J connectivity index is 1.73. The molecule has 0 aliphatic carbocycles. The van der Waals surface area contributed by atoms with E-state index in [9.17, 15) is 14.0 Å². The number of hydrogen-bond donors (Lipinski definition) is 4. The molecule has 7 nitrogen and oxygen atoms in total. The first-order valence-electron chi connectivity index (χ1n) is 8.59. The second-order valence-corrected chi connectivity index (χ2v) is 7.43. The highest BCUT2D eigenvalue weighted by Gasteiger charge is 2.23. The van der Waals surface area contributed by atoms with Crippen molar-refractivity contribution in [3.05, 3.63) is 70.2 Å². The van der Waals surface area contributed by atoms with Gasteiger partial charge >= 0.3 is 0 Å². The van der Waals surface area contributed by atoms with Crippen LogP contribution in [-0.4, -0.2) is 27.8 Å². The van der Waals surface area contributed by atoms with Crippen LogP contribution in [0.1, 0.15) is 26.5 Å². The van der Waals surface area contributed by atoms with Crippen LogP contribution >= 0.6 is 11.3 Å². The van der Waals surface area contributed by atoms with Crippen LogP contribution in [-0.2, 0) is 17.8 Å². The standard InChI is InChI=1S/C19H20FN5O2S/c1-11-5-6-22-16(11)18(27)25-15(8-12-3-2-4-13(20)7-12)17(26)23-9-14-10-24-19(21)28-14/h2-7,10,15,22H,8-9H2,1H3,(H2,21,24)(H,23,26)(H,25,27)/t15-/m0/s1. The van der Waals surface area contributed by atoms with E-state index in [1.807, 2.05) is 0 Å². The molecule has 1 aromatic carbocycles. The Morgan fingerprint density at radius 2 is 2.18 bits per heavy atom. The maximum atomic E-state index is 13.5. The Morgan fingerprint density at radius 1 is 1.36 bits per heavy atom. The van der Waals surface area contributed by atoms with Crippen LogP contribution in [0.4, 0.5) is 9.52 Å². The van der Waals surface area contributed by atoms with E-state index in [0.29, 0.717) is 16.4 Å². The second kappa shape index (κ2) is 8.66. The number of nitrogens with two attached hydrogens (primary N) is 1. The first-order valence-corrected chi connectivity index (χ1v) is 9.41. The number of thiazole rings is 1. The number of halogens is 1. The summed E-state index contributed by atoms with van der Waals surface area (Å²) in [6.07, 6.45) is 3.39. The van der Waals surface area contributed by atoms with Crippen molar-refractivity contribution < 1.29 is 14.0 Å². The fraction of sp³-hybridized carbons (Fsp3) is 0.211. The fourth-order valence-corrected chi connectivity index (χ4v) is 3.36. The summed E-state index contributed by atoms with van der Waals surface area (Å²) in [4.78, 5) is 32.9. The lowest BCUT2D eigenvalue weighted by Gasteiger charge is -2.18. The van der Waals surface area contributed by atoms with Crippen LogP contribution in [0.3, 0.4) is 0 Å². The van der Waals surface area contributed by atoms with Gasteiger partial charge in [-0.05, 0) is 36.2 Å². The summed E-state index contributed by atoms with van der Waals surface area (Å²) in [7, 11) is 0. The molecule has 0 unspecified atom stereocenters. The molecule has 0 saturated carbocycles. The number of rotatable bonds is 7. The lowest BCUT2D eigenvalue weighted by molar-refractivity contribution is -0.123. The fourth-order valence-electron chi connectivity index (χ4n) is 2.73. The van der Waals surface area contributed by atoms with Crippen LogP contribution in [0.25, 0.3) is 0 Å². The largest absolute Gasteiger partial charge is 0.375 e. The average molecular weight is 401 g/mol. The molecule has 5 N–H and O–H groups in total. The molecular weight excluding hydrogens is 381 g/mol. The smallest absolute Gasteiger partial charge is 0.268 e. The molecule has 3 rings (SSSR count). The highest BCUT2D eigenvalue weighted by atomic mass is 32.1. The predicted octanol–water partition coefficient (Wildman–Crippen LogP) is 2.16. The van der Waals surface area contributed by atoms with Gasteiger partial charge in [0.05, 0.1) is 6.54 Å². The van der Waals surface area contributed by atoms with Crippen LogP contribution in [0.5, 0.6) is 0 Å². The minimum atomic E-state index is -0.873. The number of anilines is 1. The number of amides is 2. The lowest BCUT2D eigenvalue weighted by atomic mass is 10.0. The summed E-state index contributed by atoms with van der Waals surface area (Å²) in [6.45, 7) is 2.03. The number of carbonyl (C=O) groups excluding carboxylic acids is 2. The molecule has 0 aliphatic rings. The molecule has 0 aliphatic heterocycles. The summed E-state index contributed by atoms with van der Waals surface area (Å²) in [5, 5.41) is 5.91. The van der Waals surface area contributed by atoms with Crippen LogP contribution < -0.4 is 16.4 Å². The van der Waals surface area contributed by atoms with E-state index >= 15 is 0 Å². The summed E-state index contributed by atoms with van der Waals surface area (Å²) in [5.74, 6) is -1.18. The van der Waals surface area contributed by atoms with Gasteiger partial charge < -0.3 is 21.4 Å². The number of nitrogen functional groups attached to an aromatic ring is 1. The zero-order chi connectivity index (χ0) is 20.1. The van der Waals surface area contributed by atoms with Crippen molar-refractivity contribution in [2.75, 3.05) is 5.73 Å². The summed E-state index contributed by atoms with van der Waals surface area (Å²) in [5.41, 5.74) is 7.34. The van der Waals surface area contributed by atoms with E-state index < -0.39 is 17.8 Å². The Labute approximate surface area is 165 Å². The van der Waals surface area contributed by atoms with Crippen LogP contribution in [0.2, 0.25) is 0 Å². The zero-order valence-electron chi connectivity index (χ0n) is 15.2. The maximum absolute atomic E-state index is 13.5. The average Bonchev–Trinajstić information content (AvgIpc) is 3.27. The van der Waals surface area contributed by atoms with Gasteiger partial charge in [-0.15, -0.1) is 11.3 Å². The molecule has 0 fully saturated rings. The van der Waals surface area contributed by atoms with Gasteiger partial charge in [0, 0.05) is 23.7 Å². The monoisotopic (exact) mass is 401 g/mol. The van der Waals surface area contributed by atoms with Crippen LogP contribution in [0, 0.1) is 12.7 Å². The molecule has 0 radical (unpaired) electrons. The highest BCUT2D eigenvalue weighted by Crippen LogP contribution is 2.14. The van der Waals surface area contributed by atoms with E-state index in [2.05, 4.69) is 20.6 Å². The number of carbonyl (C=O) groups is 2. The quantitative estimate of drug-likeness (QED) is 0.486. The number of benzene rings is 1. The van der Waals surface area contributed by atoms with E-state index in [-0.39, 0.29) is 18.9 Å². The summed E-state index contributed by atoms with van der Waals surface area (Å²) < 4.78 is 13.5. The van der Waals surface area contributed by atoms with Gasteiger partial charge in [-0.3, -0.25) is 9.59 Å². The van der Waals surface area contributed by atoms with Gasteiger partial charge in [-0.25, -0.2) is 9.37 Å². The van der Waals surface area contributed by atoms with Crippen molar-refractivity contribution in [3.63, 3.8) is 0 Å². The molecule has 28 heavy (non-hydrogen) atoms. The Morgan fingerprint density at radius 3 is 2.82 bits per heavy atom. The topological polar surface area (TPSA) is 113 Å². The van der Waals surface area contributed by atoms with Gasteiger partial charge in [0.1, 0.15) is 17.6 Å². The third kappa shape index (κ3) is 4.95. The number of H-pyrrole nitrogens is 1. The second-order valence-electron chi connectivity index (χ2n) is 6.28. The normalized spacial score (nSPS) is 11.8. The Bertz CT molecular complexity index is 984. The molecule has 2 aromatic heterocycles. The van der Waals surface area contributed by atoms with E-state index in [4.69, 9.17) is 5.73 Å². The number of nitrogens with zero attached hydrogens (tertiary/aromatic N) is 1. The third-order valence-corrected chi connectivity index (χ3v) is 4.97. The minimum Gasteiger partial charge on any atom is -0.375 e. The van der Waals surface area contributed by atoms with Crippen molar-refractivity contribution in [3.8, 4) is 0 Å². The van der Waals surface area contributed by atoms with E-state index in [1.54, 1.807) is 37.5 Å². The van der Waals surface area contributed by atoms with Gasteiger partial charge in [-0.2, -0.15) is 0 Å². The Hall–Kier alpha value is -3.20. The third-order valence-electron chi connectivity index (χ3n) is 4.14. The van der Waals surface area contributed by atoms with Crippen molar-refractivity contribution >= 4 is 28.3 Å². The van der Waals surface area contributed by atoms with Gasteiger partial charge in [0.2, 0.25) is 5.91 Å². The molecule has 9 heteroatoms. The van der Waals surface area contributed by atoms with Gasteiger partial charge in [0.25, 0.3) is 5.91 Å². The first-order chi connectivity index (χ1) is 13.4. The summed E-state index contributed by atoms with van der Waals surface area (Å²) >= 11 is 1.27. The molecule has 0 bridgehead atoms. The molecule has 2 heterocycles. The van der Waals surface area contributed by atoms with Crippen molar-refractivity contribution in [2.24, 2.45) is 0 Å². The van der Waals surface area contributed by atoms with E-state index in [0.717, 1.165) is 10.4 Å².